The molecule has 1 amide bonds. The van der Waals surface area contributed by atoms with Crippen LogP contribution in [0.5, 0.6) is 0 Å². The van der Waals surface area contributed by atoms with E-state index in [2.05, 4.69) is 15.5 Å². The van der Waals surface area contributed by atoms with Crippen LogP contribution in [0.2, 0.25) is 10.0 Å². The maximum Gasteiger partial charge on any atom is 0.251 e. The van der Waals surface area contributed by atoms with Gasteiger partial charge in [-0.3, -0.25) is 9.89 Å². The number of halogens is 3. The fraction of sp³-hybridized carbons (Fsp3) is 0.300. The summed E-state index contributed by atoms with van der Waals surface area (Å²) in [6.45, 7) is 0. The highest BCUT2D eigenvalue weighted by molar-refractivity contribution is 6.31. The molecular formula is C20H16Cl2FN3O2. The van der Waals surface area contributed by atoms with Crippen molar-refractivity contribution >= 4 is 40.0 Å². The summed E-state index contributed by atoms with van der Waals surface area (Å²) in [5.74, 6) is -0.574. The monoisotopic (exact) mass is 419 g/mol. The fourth-order valence-electron chi connectivity index (χ4n) is 4.62. The standard InChI is InChI=1S/C20H16Cl2FN3O2/c21-10-1-9(2-12(23)3-10)19(27)25-18-13-6-20(28,7-14(13)18)16-4-11(22)5-17-15(16)8-24-26-17/h1-5,8,13-14,18,28H,6-7H2,(H,24,26)(H,25,27)/t13-,14+,18-,20+. The van der Waals surface area contributed by atoms with Crippen LogP contribution >= 0.6 is 23.2 Å². The molecule has 3 N–H and O–H groups in total. The number of carbonyl (C=O) groups is 1. The number of aromatic amines is 1. The molecule has 0 unspecified atom stereocenters. The van der Waals surface area contributed by atoms with Gasteiger partial charge in [-0.25, -0.2) is 4.39 Å². The number of nitrogens with zero attached hydrogens (tertiary/aromatic N) is 1. The number of H-pyrrole nitrogens is 1. The van der Waals surface area contributed by atoms with Gasteiger partial charge in [-0.1, -0.05) is 23.2 Å². The molecule has 0 aliphatic heterocycles. The minimum atomic E-state index is -1.01. The van der Waals surface area contributed by atoms with E-state index in [0.29, 0.717) is 17.9 Å². The highest BCUT2D eigenvalue weighted by Crippen LogP contribution is 2.60. The van der Waals surface area contributed by atoms with Crippen molar-refractivity contribution in [2.75, 3.05) is 0 Å². The number of hydrogen-bond acceptors (Lipinski definition) is 3. The Balaban J connectivity index is 1.32. The zero-order valence-electron chi connectivity index (χ0n) is 14.5. The van der Waals surface area contributed by atoms with Gasteiger partial charge in [0.25, 0.3) is 5.91 Å². The Morgan fingerprint density at radius 1 is 1.18 bits per heavy atom. The summed E-state index contributed by atoms with van der Waals surface area (Å²) in [5, 5.41) is 22.7. The maximum absolute atomic E-state index is 13.5. The molecule has 2 aliphatic carbocycles. The molecule has 3 aromatic rings. The van der Waals surface area contributed by atoms with Crippen LogP contribution < -0.4 is 5.32 Å². The van der Waals surface area contributed by atoms with E-state index in [4.69, 9.17) is 23.2 Å². The van der Waals surface area contributed by atoms with Gasteiger partial charge >= 0.3 is 0 Å². The van der Waals surface area contributed by atoms with E-state index in [9.17, 15) is 14.3 Å². The second-order valence-corrected chi connectivity index (χ2v) is 8.58. The number of hydrogen-bond donors (Lipinski definition) is 3. The Morgan fingerprint density at radius 2 is 1.89 bits per heavy atom. The largest absolute Gasteiger partial charge is 0.385 e. The molecule has 1 heterocycles. The van der Waals surface area contributed by atoms with Crippen LogP contribution in [0.1, 0.15) is 28.8 Å². The number of benzene rings is 2. The van der Waals surface area contributed by atoms with Crippen molar-refractivity contribution in [3.8, 4) is 0 Å². The number of nitrogens with one attached hydrogen (secondary N) is 2. The first kappa shape index (κ1) is 17.9. The number of amides is 1. The number of aliphatic hydroxyl groups is 1. The summed E-state index contributed by atoms with van der Waals surface area (Å²) in [4.78, 5) is 12.4. The molecule has 144 valence electrons. The first-order valence-electron chi connectivity index (χ1n) is 8.96. The predicted octanol–water partition coefficient (Wildman–Crippen LogP) is 4.03. The van der Waals surface area contributed by atoms with Crippen molar-refractivity contribution in [3.63, 3.8) is 0 Å². The molecule has 5 rings (SSSR count). The Bertz CT molecular complexity index is 1080. The summed E-state index contributed by atoms with van der Waals surface area (Å²) in [6.07, 6.45) is 2.73. The minimum absolute atomic E-state index is 0.0335. The lowest BCUT2D eigenvalue weighted by atomic mass is 9.86. The van der Waals surface area contributed by atoms with Gasteiger partial charge in [0.2, 0.25) is 0 Å². The van der Waals surface area contributed by atoms with Crippen LogP contribution in [0, 0.1) is 17.7 Å². The maximum atomic E-state index is 13.5. The average Bonchev–Trinajstić information content (AvgIpc) is 3.00. The van der Waals surface area contributed by atoms with Crippen LogP contribution in [0.4, 0.5) is 4.39 Å². The van der Waals surface area contributed by atoms with E-state index in [-0.39, 0.29) is 34.4 Å². The summed E-state index contributed by atoms with van der Waals surface area (Å²) in [5.41, 5.74) is 0.730. The van der Waals surface area contributed by atoms with Crippen molar-refractivity contribution in [1.29, 1.82) is 0 Å². The van der Waals surface area contributed by atoms with E-state index < -0.39 is 11.4 Å². The molecule has 2 saturated carbocycles. The van der Waals surface area contributed by atoms with E-state index in [1.54, 1.807) is 18.3 Å². The zero-order valence-corrected chi connectivity index (χ0v) is 16.1. The first-order chi connectivity index (χ1) is 13.3. The van der Waals surface area contributed by atoms with Crippen molar-refractivity contribution in [2.24, 2.45) is 11.8 Å². The molecule has 0 spiro atoms. The molecule has 28 heavy (non-hydrogen) atoms. The average molecular weight is 420 g/mol. The van der Waals surface area contributed by atoms with E-state index in [1.807, 2.05) is 0 Å². The van der Waals surface area contributed by atoms with Gasteiger partial charge in [0.15, 0.2) is 0 Å². The second kappa shape index (κ2) is 6.17. The lowest BCUT2D eigenvalue weighted by molar-refractivity contribution is 0.0293. The lowest BCUT2D eigenvalue weighted by Crippen LogP contribution is -2.33. The van der Waals surface area contributed by atoms with E-state index >= 15 is 0 Å². The zero-order chi connectivity index (χ0) is 19.6. The van der Waals surface area contributed by atoms with Crippen LogP contribution in [-0.4, -0.2) is 27.3 Å². The Hall–Kier alpha value is -2.15. The van der Waals surface area contributed by atoms with Crippen LogP contribution in [0.15, 0.2) is 36.5 Å². The lowest BCUT2D eigenvalue weighted by Gasteiger charge is -2.27. The topological polar surface area (TPSA) is 78.0 Å². The Kier molecular flexibility index (Phi) is 3.95. The molecule has 2 aliphatic rings. The van der Waals surface area contributed by atoms with Crippen LogP contribution in [-0.2, 0) is 5.60 Å². The van der Waals surface area contributed by atoms with Crippen molar-refractivity contribution in [2.45, 2.75) is 24.5 Å². The third-order valence-corrected chi connectivity index (χ3v) is 6.36. The third kappa shape index (κ3) is 2.87. The third-order valence-electron chi connectivity index (χ3n) is 5.93. The molecule has 1 aromatic heterocycles. The van der Waals surface area contributed by atoms with Crippen molar-refractivity contribution < 1.29 is 14.3 Å². The molecule has 0 radical (unpaired) electrons. The number of rotatable bonds is 3. The highest BCUT2D eigenvalue weighted by Gasteiger charge is 2.62. The summed E-state index contributed by atoms with van der Waals surface area (Å²) < 4.78 is 13.5. The molecule has 2 fully saturated rings. The van der Waals surface area contributed by atoms with Crippen molar-refractivity contribution in [1.82, 2.24) is 15.5 Å². The van der Waals surface area contributed by atoms with Gasteiger partial charge in [-0.05, 0) is 60.6 Å². The molecular weight excluding hydrogens is 404 g/mol. The van der Waals surface area contributed by atoms with Crippen LogP contribution in [0.3, 0.4) is 0 Å². The molecule has 5 nitrogen and oxygen atoms in total. The van der Waals surface area contributed by atoms with Gasteiger partial charge in [0.05, 0.1) is 17.3 Å². The van der Waals surface area contributed by atoms with Crippen molar-refractivity contribution in [3.05, 3.63) is 63.5 Å². The highest BCUT2D eigenvalue weighted by atomic mass is 35.5. The Morgan fingerprint density at radius 3 is 2.61 bits per heavy atom. The molecule has 8 heteroatoms. The van der Waals surface area contributed by atoms with E-state index in [0.717, 1.165) is 28.6 Å². The summed E-state index contributed by atoms with van der Waals surface area (Å²) >= 11 is 12.0. The van der Waals surface area contributed by atoms with E-state index in [1.165, 1.54) is 6.07 Å². The van der Waals surface area contributed by atoms with Crippen LogP contribution in [0.25, 0.3) is 10.9 Å². The first-order valence-corrected chi connectivity index (χ1v) is 9.72. The molecule has 0 saturated heterocycles. The number of fused-ring (bicyclic) bond motifs is 2. The normalized spacial score (nSPS) is 28.4. The predicted molar refractivity (Wildman–Crippen MR) is 104 cm³/mol. The molecule has 4 atom stereocenters. The van der Waals surface area contributed by atoms with Gasteiger partial charge in [-0.2, -0.15) is 5.10 Å². The van der Waals surface area contributed by atoms with Gasteiger partial charge in [0.1, 0.15) is 5.82 Å². The molecule has 0 bridgehead atoms. The summed E-state index contributed by atoms with van der Waals surface area (Å²) in [7, 11) is 0. The molecule has 2 aromatic carbocycles. The SMILES string of the molecule is O=C(N[C@@H]1[C@@H]2C[C@@](O)(c3cc(Cl)cc4[nH]ncc34)C[C@@H]21)c1cc(F)cc(Cl)c1. The summed E-state index contributed by atoms with van der Waals surface area (Å²) in [6, 6.07) is 7.29. The number of carbonyl (C=O) groups excluding carboxylic acids is 1. The van der Waals surface area contributed by atoms with Gasteiger partial charge in [0, 0.05) is 27.0 Å². The second-order valence-electron chi connectivity index (χ2n) is 7.71. The van der Waals surface area contributed by atoms with Gasteiger partial charge in [-0.15, -0.1) is 0 Å². The Labute approximate surface area is 169 Å². The fourth-order valence-corrected chi connectivity index (χ4v) is 5.06. The quantitative estimate of drug-likeness (QED) is 0.599. The van der Waals surface area contributed by atoms with Gasteiger partial charge < -0.3 is 10.4 Å². The minimum Gasteiger partial charge on any atom is -0.385 e. The number of aromatic nitrogens is 2. The smallest absolute Gasteiger partial charge is 0.251 e.